The molecule has 0 aromatic carbocycles. The summed E-state index contributed by atoms with van der Waals surface area (Å²) in [5.74, 6) is -3.07. The van der Waals surface area contributed by atoms with Crippen molar-refractivity contribution >= 4 is 35.1 Å². The Morgan fingerprint density at radius 3 is 2.54 bits per heavy atom. The number of carbonyl (C=O) groups excluding carboxylic acids is 2. The molecule has 0 bridgehead atoms. The summed E-state index contributed by atoms with van der Waals surface area (Å²) in [5.41, 5.74) is 3.73. The Bertz CT molecular complexity index is 582. The molecule has 1 aliphatic heterocycles. The van der Waals surface area contributed by atoms with Crippen LogP contribution in [0.2, 0.25) is 0 Å². The molecule has 1 heterocycles. The lowest BCUT2D eigenvalue weighted by molar-refractivity contribution is -0.173. The van der Waals surface area contributed by atoms with Crippen molar-refractivity contribution < 1.29 is 29.6 Å². The highest BCUT2D eigenvalue weighted by Gasteiger charge is 2.59. The molecule has 1 amide bonds. The molecule has 2 rings (SSSR count). The quantitative estimate of drug-likeness (QED) is 0.326. The third-order valence-electron chi connectivity index (χ3n) is 4.46. The number of nitrogens with one attached hydrogen (secondary N) is 1. The Hall–Kier alpha value is -1.06. The summed E-state index contributed by atoms with van der Waals surface area (Å²) in [4.78, 5) is 23.1. The minimum Gasteiger partial charge on any atom is -0.512 e. The normalized spacial score (nSPS) is 37.8. The van der Waals surface area contributed by atoms with Gasteiger partial charge in [-0.1, -0.05) is 0 Å². The van der Waals surface area contributed by atoms with Gasteiger partial charge in [-0.3, -0.25) is 4.79 Å². The second-order valence-corrected chi connectivity index (χ2v) is 7.39. The maximum atomic E-state index is 12.3. The predicted octanol–water partition coefficient (Wildman–Crippen LogP) is -0.509. The number of esters is 1. The number of carbonyl (C=O) groups is 2. The van der Waals surface area contributed by atoms with Crippen molar-refractivity contribution in [1.29, 1.82) is 0 Å². The van der Waals surface area contributed by atoms with Gasteiger partial charge in [-0.05, 0) is 13.8 Å². The molecule has 136 valence electrons. The molecule has 24 heavy (non-hydrogen) atoms. The molecule has 0 aromatic heterocycles. The van der Waals surface area contributed by atoms with E-state index >= 15 is 0 Å². The fraction of sp³-hybridized carbons (Fsp3) is 0.714. The van der Waals surface area contributed by atoms with Gasteiger partial charge in [0.25, 0.3) is 0 Å². The number of cyclic esters (lactones) is 1. The van der Waals surface area contributed by atoms with Gasteiger partial charge >= 0.3 is 5.97 Å². The number of aliphatic hydroxyl groups is 3. The number of hydrogen-bond donors (Lipinski definition) is 5. The fourth-order valence-electron chi connectivity index (χ4n) is 3.02. The second-order valence-electron chi connectivity index (χ2n) is 6.30. The summed E-state index contributed by atoms with van der Waals surface area (Å²) < 4.78 is 5.28. The molecular weight excluding hydrogens is 363 g/mol. The van der Waals surface area contributed by atoms with Gasteiger partial charge in [0.05, 0.1) is 29.9 Å². The predicted molar refractivity (Wildman–Crippen MR) is 85.3 cm³/mol. The van der Waals surface area contributed by atoms with Crippen LogP contribution in [0.1, 0.15) is 20.3 Å². The van der Waals surface area contributed by atoms with E-state index in [4.69, 9.17) is 33.7 Å². The average molecular weight is 383 g/mol. The first-order chi connectivity index (χ1) is 11.0. The summed E-state index contributed by atoms with van der Waals surface area (Å²) >= 11 is 11.9. The molecule has 2 aliphatic rings. The van der Waals surface area contributed by atoms with Gasteiger partial charge in [-0.15, -0.1) is 23.2 Å². The van der Waals surface area contributed by atoms with Gasteiger partial charge < -0.3 is 31.1 Å². The number of aliphatic hydroxyl groups excluding tert-OH is 3. The minimum absolute atomic E-state index is 0.214. The zero-order chi connectivity index (χ0) is 18.4. The molecule has 0 radical (unpaired) electrons. The zero-order valence-electron chi connectivity index (χ0n) is 13.1. The van der Waals surface area contributed by atoms with Crippen LogP contribution in [0.4, 0.5) is 0 Å². The minimum atomic E-state index is -1.60. The Labute approximate surface area is 148 Å². The summed E-state index contributed by atoms with van der Waals surface area (Å²) in [6.07, 6.45) is -3.07. The van der Waals surface area contributed by atoms with Crippen LogP contribution in [0, 0.1) is 5.92 Å². The number of rotatable bonds is 3. The first-order valence-corrected chi connectivity index (χ1v) is 8.23. The van der Waals surface area contributed by atoms with E-state index in [9.17, 15) is 24.9 Å². The number of alkyl halides is 2. The van der Waals surface area contributed by atoms with Crippen molar-refractivity contribution in [3.05, 3.63) is 11.3 Å². The lowest BCUT2D eigenvalue weighted by atomic mass is 9.71. The van der Waals surface area contributed by atoms with Gasteiger partial charge in [-0.2, -0.15) is 0 Å². The van der Waals surface area contributed by atoms with Crippen molar-refractivity contribution in [1.82, 2.24) is 5.32 Å². The average Bonchev–Trinajstić information content (AvgIpc) is 2.46. The highest BCUT2D eigenvalue weighted by Crippen LogP contribution is 2.44. The van der Waals surface area contributed by atoms with E-state index in [-0.39, 0.29) is 12.0 Å². The fourth-order valence-corrected chi connectivity index (χ4v) is 3.38. The van der Waals surface area contributed by atoms with Gasteiger partial charge in [0.15, 0.2) is 5.60 Å². The Morgan fingerprint density at radius 2 is 2.04 bits per heavy atom. The summed E-state index contributed by atoms with van der Waals surface area (Å²) in [7, 11) is 0. The van der Waals surface area contributed by atoms with Crippen molar-refractivity contribution in [3.8, 4) is 0 Å². The summed E-state index contributed by atoms with van der Waals surface area (Å²) in [6.45, 7) is 2.84. The van der Waals surface area contributed by atoms with Crippen LogP contribution in [-0.2, 0) is 14.3 Å². The maximum absolute atomic E-state index is 12.3. The van der Waals surface area contributed by atoms with Crippen molar-refractivity contribution in [3.63, 3.8) is 0 Å². The van der Waals surface area contributed by atoms with E-state index in [2.05, 4.69) is 5.32 Å². The Kier molecular flexibility index (Phi) is 5.37. The molecule has 6 N–H and O–H groups in total. The Morgan fingerprint density at radius 1 is 1.46 bits per heavy atom. The molecular formula is C14H20Cl2N2O6. The molecule has 0 unspecified atom stereocenters. The van der Waals surface area contributed by atoms with E-state index in [0.717, 1.165) is 0 Å². The first-order valence-electron chi connectivity index (χ1n) is 7.36. The lowest BCUT2D eigenvalue weighted by Crippen LogP contribution is -2.68. The standard InChI is InChI=1S/C14H20Cl2N2O6/c1-4(17)11(22)18-10-8-7(5(19)3-6(20)9(8)21)12(23)24-14(10,2)13(15)16/h4,6,8-10,13,19-21H,3,17H2,1-2H3,(H,18,22)/t4-,6-,8+,9-,10+,14-/m1/s1. The maximum Gasteiger partial charge on any atom is 0.338 e. The van der Waals surface area contributed by atoms with E-state index in [1.807, 2.05) is 0 Å². The van der Waals surface area contributed by atoms with Crippen molar-refractivity contribution in [2.24, 2.45) is 11.7 Å². The SMILES string of the molecule is C[C@@H](N)C(=O)N[C@H]1[C@H]2C(=C(O)C[C@@H](O)[C@H]2O)C(=O)O[C@@]1(C)C(Cl)Cl. The number of fused-ring (bicyclic) bond motifs is 1. The van der Waals surface area contributed by atoms with Crippen LogP contribution in [0.15, 0.2) is 11.3 Å². The molecule has 1 saturated heterocycles. The first kappa shape index (κ1) is 19.3. The number of ether oxygens (including phenoxy) is 1. The van der Waals surface area contributed by atoms with E-state index < -0.39 is 58.3 Å². The topological polar surface area (TPSA) is 142 Å². The largest absolute Gasteiger partial charge is 0.512 e. The van der Waals surface area contributed by atoms with Crippen LogP contribution in [-0.4, -0.2) is 61.9 Å². The molecule has 10 heteroatoms. The third-order valence-corrected chi connectivity index (χ3v) is 5.33. The van der Waals surface area contributed by atoms with Gasteiger partial charge in [0.2, 0.25) is 5.91 Å². The number of hydrogen-bond acceptors (Lipinski definition) is 7. The molecule has 0 spiro atoms. The van der Waals surface area contributed by atoms with E-state index in [0.29, 0.717) is 0 Å². The second kappa shape index (κ2) is 6.68. The van der Waals surface area contributed by atoms with Crippen LogP contribution in [0.5, 0.6) is 0 Å². The smallest absolute Gasteiger partial charge is 0.338 e. The lowest BCUT2D eigenvalue weighted by Gasteiger charge is -2.50. The van der Waals surface area contributed by atoms with Crippen molar-refractivity contribution in [2.45, 2.75) is 55.0 Å². The highest BCUT2D eigenvalue weighted by atomic mass is 35.5. The van der Waals surface area contributed by atoms with E-state index in [1.165, 1.54) is 13.8 Å². The molecule has 8 nitrogen and oxygen atoms in total. The van der Waals surface area contributed by atoms with Crippen LogP contribution in [0.25, 0.3) is 0 Å². The number of halogens is 2. The Balaban J connectivity index is 2.55. The molecule has 0 aromatic rings. The third kappa shape index (κ3) is 3.09. The van der Waals surface area contributed by atoms with Crippen LogP contribution < -0.4 is 11.1 Å². The molecule has 0 saturated carbocycles. The number of nitrogens with two attached hydrogens (primary N) is 1. The molecule has 1 aliphatic carbocycles. The highest BCUT2D eigenvalue weighted by molar-refractivity contribution is 6.45. The molecule has 1 fully saturated rings. The summed E-state index contributed by atoms with van der Waals surface area (Å²) in [6, 6.07) is -1.99. The van der Waals surface area contributed by atoms with Gasteiger partial charge in [-0.25, -0.2) is 4.79 Å². The monoisotopic (exact) mass is 382 g/mol. The van der Waals surface area contributed by atoms with Gasteiger partial charge in [0.1, 0.15) is 10.6 Å². The van der Waals surface area contributed by atoms with Gasteiger partial charge in [0, 0.05) is 12.3 Å². The number of amides is 1. The summed E-state index contributed by atoms with van der Waals surface area (Å²) in [5, 5.41) is 32.9. The molecule has 6 atom stereocenters. The zero-order valence-corrected chi connectivity index (χ0v) is 14.6. The van der Waals surface area contributed by atoms with E-state index in [1.54, 1.807) is 0 Å². The van der Waals surface area contributed by atoms with Crippen LogP contribution in [0.3, 0.4) is 0 Å². The van der Waals surface area contributed by atoms with Crippen molar-refractivity contribution in [2.75, 3.05) is 0 Å². The van der Waals surface area contributed by atoms with Crippen LogP contribution >= 0.6 is 23.2 Å².